The number of carbonyl (C=O) groups excluding carboxylic acids is 1. The molecule has 0 aliphatic carbocycles. The van der Waals surface area contributed by atoms with Crippen molar-refractivity contribution in [2.75, 3.05) is 22.9 Å². The van der Waals surface area contributed by atoms with E-state index in [-0.39, 0.29) is 5.91 Å². The van der Waals surface area contributed by atoms with Gasteiger partial charge in [0.25, 0.3) is 5.91 Å². The lowest BCUT2D eigenvalue weighted by Gasteiger charge is -2.47. The minimum absolute atomic E-state index is 0.0796. The summed E-state index contributed by atoms with van der Waals surface area (Å²) in [6, 6.07) is 40.4. The number of hydrogen-bond donors (Lipinski definition) is 0. The number of anilines is 2. The summed E-state index contributed by atoms with van der Waals surface area (Å²) in [7, 11) is 0. The Morgan fingerprint density at radius 2 is 1.53 bits per heavy atom. The van der Waals surface area contributed by atoms with Crippen molar-refractivity contribution in [3.8, 4) is 5.75 Å². The first-order chi connectivity index (χ1) is 23.1. The number of hydrogen-bond acceptors (Lipinski definition) is 7. The van der Waals surface area contributed by atoms with E-state index >= 15 is 0 Å². The van der Waals surface area contributed by atoms with Gasteiger partial charge in [-0.05, 0) is 85.6 Å². The van der Waals surface area contributed by atoms with Crippen molar-refractivity contribution in [2.24, 2.45) is 0 Å². The van der Waals surface area contributed by atoms with Gasteiger partial charge in [-0.1, -0.05) is 66.7 Å². The molecule has 8 heteroatoms. The molecule has 6 nitrogen and oxygen atoms in total. The molecule has 2 atom stereocenters. The maximum Gasteiger partial charge on any atom is 0.271 e. The summed E-state index contributed by atoms with van der Waals surface area (Å²) in [5.74, 6) is 0.580. The third kappa shape index (κ3) is 5.37. The van der Waals surface area contributed by atoms with Gasteiger partial charge in [-0.3, -0.25) is 9.69 Å². The summed E-state index contributed by atoms with van der Waals surface area (Å²) < 4.78 is 8.49. The highest BCUT2D eigenvalue weighted by atomic mass is 32.2. The van der Waals surface area contributed by atoms with Gasteiger partial charge in [-0.15, -0.1) is 11.3 Å². The van der Waals surface area contributed by atoms with Crippen LogP contribution in [0.4, 0.5) is 11.4 Å². The van der Waals surface area contributed by atoms with Crippen molar-refractivity contribution in [2.45, 2.75) is 35.4 Å². The molecule has 1 saturated heterocycles. The van der Waals surface area contributed by atoms with E-state index in [1.54, 1.807) is 23.1 Å². The maximum absolute atomic E-state index is 14.1. The molecule has 7 aromatic rings. The monoisotopic (exact) mass is 652 g/mol. The first kappa shape index (κ1) is 29.5. The van der Waals surface area contributed by atoms with Crippen LogP contribution in [-0.4, -0.2) is 35.1 Å². The molecular formula is C39H32N4O2S2. The summed E-state index contributed by atoms with van der Waals surface area (Å²) >= 11 is 3.21. The number of fused-ring (bicyclic) bond motifs is 4. The molecule has 1 aliphatic rings. The predicted octanol–water partition coefficient (Wildman–Crippen LogP) is 9.53. The van der Waals surface area contributed by atoms with Crippen molar-refractivity contribution >= 4 is 72.3 Å². The number of amides is 1. The molecule has 3 heterocycles. The summed E-state index contributed by atoms with van der Waals surface area (Å²) in [6.07, 6.45) is -0.714. The number of nitrogens with zero attached hydrogens (tertiary/aromatic N) is 4. The number of β-lactam (4-membered cyclic amide) rings is 1. The van der Waals surface area contributed by atoms with E-state index in [1.165, 1.54) is 0 Å². The van der Waals surface area contributed by atoms with Crippen LogP contribution in [0.2, 0.25) is 0 Å². The Hall–Kier alpha value is -4.92. The lowest BCUT2D eigenvalue weighted by atomic mass is 9.89. The third-order valence-electron chi connectivity index (χ3n) is 8.79. The van der Waals surface area contributed by atoms with E-state index in [9.17, 15) is 4.79 Å². The van der Waals surface area contributed by atoms with E-state index in [0.29, 0.717) is 5.75 Å². The van der Waals surface area contributed by atoms with Crippen molar-refractivity contribution in [3.63, 3.8) is 0 Å². The second kappa shape index (κ2) is 12.4. The zero-order valence-corrected chi connectivity index (χ0v) is 27.7. The molecule has 1 aliphatic heterocycles. The third-order valence-corrected chi connectivity index (χ3v) is 10.9. The van der Waals surface area contributed by atoms with Crippen LogP contribution in [0.25, 0.3) is 31.9 Å². The predicted molar refractivity (Wildman–Crippen MR) is 194 cm³/mol. The van der Waals surface area contributed by atoms with Crippen LogP contribution < -0.4 is 14.5 Å². The van der Waals surface area contributed by atoms with Crippen molar-refractivity contribution in [3.05, 3.63) is 127 Å². The Balaban J connectivity index is 1.29. The second-order valence-electron chi connectivity index (χ2n) is 11.5. The van der Waals surface area contributed by atoms with Gasteiger partial charge in [0, 0.05) is 40.8 Å². The first-order valence-corrected chi connectivity index (χ1v) is 17.5. The number of aromatic nitrogens is 2. The van der Waals surface area contributed by atoms with Gasteiger partial charge >= 0.3 is 0 Å². The summed E-state index contributed by atoms with van der Waals surface area (Å²) in [4.78, 5) is 28.5. The minimum atomic E-state index is -0.714. The molecule has 1 amide bonds. The molecular weight excluding hydrogens is 621 g/mol. The largest absolute Gasteiger partial charge is 0.478 e. The van der Waals surface area contributed by atoms with Crippen LogP contribution in [0.15, 0.2) is 131 Å². The van der Waals surface area contributed by atoms with Gasteiger partial charge in [0.2, 0.25) is 6.10 Å². The van der Waals surface area contributed by atoms with Gasteiger partial charge in [0.1, 0.15) is 16.8 Å². The molecule has 0 saturated carbocycles. The van der Waals surface area contributed by atoms with E-state index in [4.69, 9.17) is 14.7 Å². The van der Waals surface area contributed by atoms with E-state index in [2.05, 4.69) is 73.3 Å². The summed E-state index contributed by atoms with van der Waals surface area (Å²) in [5, 5.41) is 4.06. The van der Waals surface area contributed by atoms with Gasteiger partial charge in [0.05, 0.1) is 15.7 Å². The molecule has 0 N–H and O–H groups in total. The fourth-order valence-electron chi connectivity index (χ4n) is 6.41. The van der Waals surface area contributed by atoms with E-state index in [1.807, 2.05) is 71.6 Å². The van der Waals surface area contributed by atoms with Crippen LogP contribution in [0, 0.1) is 0 Å². The zero-order chi connectivity index (χ0) is 31.9. The molecule has 1 fully saturated rings. The van der Waals surface area contributed by atoms with Crippen LogP contribution >= 0.6 is 23.1 Å². The smallest absolute Gasteiger partial charge is 0.271 e. The van der Waals surface area contributed by atoms with Crippen molar-refractivity contribution < 1.29 is 9.53 Å². The number of carbonyl (C=O) groups is 1. The number of para-hydroxylation sites is 2. The van der Waals surface area contributed by atoms with Gasteiger partial charge in [0.15, 0.2) is 4.34 Å². The van der Waals surface area contributed by atoms with Crippen LogP contribution in [0.1, 0.15) is 25.5 Å². The van der Waals surface area contributed by atoms with Crippen LogP contribution in [0.3, 0.4) is 0 Å². The van der Waals surface area contributed by atoms with Gasteiger partial charge in [-0.2, -0.15) is 0 Å². The number of thiazole rings is 1. The number of ether oxygens (including phenoxy) is 1. The first-order valence-electron chi connectivity index (χ1n) is 15.9. The second-order valence-corrected chi connectivity index (χ2v) is 13.8. The van der Waals surface area contributed by atoms with E-state index < -0.39 is 12.1 Å². The van der Waals surface area contributed by atoms with Crippen LogP contribution in [0.5, 0.6) is 5.75 Å². The Bertz CT molecular complexity index is 2200. The highest BCUT2D eigenvalue weighted by Crippen LogP contribution is 2.47. The molecule has 2 aromatic heterocycles. The molecule has 8 rings (SSSR count). The summed E-state index contributed by atoms with van der Waals surface area (Å²) in [6.45, 7) is 6.13. The average Bonchev–Trinajstić information content (AvgIpc) is 3.53. The SMILES string of the molecule is CCN(CC)c1ccc(N2C(=O)C(Oc3ccccc3)C2c2cc3ccc4ccccc4c3nc2Sc2nc3ccccc3s2)cc1. The summed E-state index contributed by atoms with van der Waals surface area (Å²) in [5.41, 5.74) is 4.79. The number of benzene rings is 5. The number of pyridine rings is 1. The standard InChI is InChI=1S/C39H32N4O2S2/c1-3-42(4-2)27-20-22-28(23-21-27)43-35(36(38(43)44)45-29-13-6-5-7-14-29)31-24-26-19-18-25-12-8-9-15-30(25)34(26)41-37(31)47-39-40-32-16-10-11-17-33(32)46-39/h5-24,35-36H,3-4H2,1-2H3. The molecule has 0 radical (unpaired) electrons. The number of rotatable bonds is 9. The Labute approximate surface area is 281 Å². The molecule has 2 unspecified atom stereocenters. The molecule has 5 aromatic carbocycles. The molecule has 0 bridgehead atoms. The minimum Gasteiger partial charge on any atom is -0.478 e. The van der Waals surface area contributed by atoms with Crippen molar-refractivity contribution in [1.29, 1.82) is 0 Å². The van der Waals surface area contributed by atoms with Crippen molar-refractivity contribution in [1.82, 2.24) is 9.97 Å². The molecule has 0 spiro atoms. The van der Waals surface area contributed by atoms with Gasteiger partial charge in [-0.25, -0.2) is 9.97 Å². The average molecular weight is 653 g/mol. The normalized spacial score (nSPS) is 16.1. The lowest BCUT2D eigenvalue weighted by Crippen LogP contribution is -2.61. The topological polar surface area (TPSA) is 58.6 Å². The van der Waals surface area contributed by atoms with Crippen LogP contribution in [-0.2, 0) is 4.79 Å². The van der Waals surface area contributed by atoms with Gasteiger partial charge < -0.3 is 9.64 Å². The Morgan fingerprint density at radius 1 is 0.809 bits per heavy atom. The zero-order valence-electron chi connectivity index (χ0n) is 26.0. The van der Waals surface area contributed by atoms with E-state index in [0.717, 1.165) is 71.3 Å². The highest BCUT2D eigenvalue weighted by molar-refractivity contribution is 8.01. The Morgan fingerprint density at radius 3 is 2.32 bits per heavy atom. The maximum atomic E-state index is 14.1. The Kier molecular flexibility index (Phi) is 7.75. The fourth-order valence-corrected chi connectivity index (χ4v) is 8.52. The molecule has 232 valence electrons. The fraction of sp³-hybridized carbons (Fsp3) is 0.154. The lowest BCUT2D eigenvalue weighted by molar-refractivity contribution is -0.135. The molecule has 47 heavy (non-hydrogen) atoms. The quantitative estimate of drug-likeness (QED) is 0.114. The highest BCUT2D eigenvalue weighted by Gasteiger charge is 2.52.